The van der Waals surface area contributed by atoms with Crippen LogP contribution in [0.25, 0.3) is 0 Å². The fraction of sp³-hybridized carbons (Fsp3) is 0.240. The minimum absolute atomic E-state index is 0.155. The lowest BCUT2D eigenvalue weighted by Crippen LogP contribution is -2.14. The third-order valence-corrected chi connectivity index (χ3v) is 4.73. The minimum Gasteiger partial charge on any atom is -0.493 e. The van der Waals surface area contributed by atoms with E-state index in [2.05, 4.69) is 11.4 Å². The van der Waals surface area contributed by atoms with Gasteiger partial charge in [0, 0.05) is 16.8 Å². The molecule has 1 N–H and O–H groups in total. The first-order valence-electron chi connectivity index (χ1n) is 9.80. The molecule has 0 atom stereocenters. The first-order valence-corrected chi connectivity index (χ1v) is 9.80. The third kappa shape index (κ3) is 5.17. The molecule has 0 spiro atoms. The van der Waals surface area contributed by atoms with Crippen molar-refractivity contribution in [3.05, 3.63) is 88.5 Å². The fourth-order valence-electron chi connectivity index (χ4n) is 3.15. The molecule has 0 aliphatic carbocycles. The van der Waals surface area contributed by atoms with Crippen molar-refractivity contribution in [3.8, 4) is 11.5 Å². The first-order chi connectivity index (χ1) is 14.0. The number of benzene rings is 3. The van der Waals surface area contributed by atoms with Gasteiger partial charge >= 0.3 is 0 Å². The molecule has 0 aliphatic rings. The molecule has 1 amide bonds. The average Bonchev–Trinajstić information content (AvgIpc) is 2.70. The zero-order chi connectivity index (χ0) is 20.8. The van der Waals surface area contributed by atoms with E-state index in [1.807, 2.05) is 76.2 Å². The molecule has 3 aromatic rings. The Kier molecular flexibility index (Phi) is 6.55. The normalized spacial score (nSPS) is 10.5. The highest BCUT2D eigenvalue weighted by Gasteiger charge is 2.13. The van der Waals surface area contributed by atoms with Crippen molar-refractivity contribution in [3.63, 3.8) is 0 Å². The van der Waals surface area contributed by atoms with E-state index in [4.69, 9.17) is 9.47 Å². The van der Waals surface area contributed by atoms with Gasteiger partial charge < -0.3 is 14.8 Å². The zero-order valence-electron chi connectivity index (χ0n) is 17.4. The van der Waals surface area contributed by atoms with E-state index >= 15 is 0 Å². The molecule has 0 fully saturated rings. The molecule has 0 unspecified atom stereocenters. The van der Waals surface area contributed by atoms with Crippen LogP contribution in [-0.4, -0.2) is 12.5 Å². The van der Waals surface area contributed by atoms with Crippen LogP contribution >= 0.6 is 0 Å². The third-order valence-electron chi connectivity index (χ3n) is 4.73. The van der Waals surface area contributed by atoms with Crippen LogP contribution in [-0.2, 0) is 6.61 Å². The SMILES string of the molecule is CCOc1ccc(C(=O)Nc2ccc(C)cc2C)cc1COc1ccccc1C. The lowest BCUT2D eigenvalue weighted by atomic mass is 10.1. The predicted octanol–water partition coefficient (Wildman–Crippen LogP) is 5.84. The Morgan fingerprint density at radius 1 is 0.862 bits per heavy atom. The maximum atomic E-state index is 12.8. The molecule has 0 heterocycles. The summed E-state index contributed by atoms with van der Waals surface area (Å²) >= 11 is 0. The van der Waals surface area contributed by atoms with Crippen LogP contribution in [0.4, 0.5) is 5.69 Å². The summed E-state index contributed by atoms with van der Waals surface area (Å²) in [4.78, 5) is 12.8. The Morgan fingerprint density at radius 3 is 2.38 bits per heavy atom. The van der Waals surface area contributed by atoms with Gasteiger partial charge in [0.25, 0.3) is 5.91 Å². The number of anilines is 1. The van der Waals surface area contributed by atoms with Crippen LogP contribution in [0.3, 0.4) is 0 Å². The van der Waals surface area contributed by atoms with Crippen molar-refractivity contribution >= 4 is 11.6 Å². The Balaban J connectivity index is 1.81. The number of amides is 1. The number of ether oxygens (including phenoxy) is 2. The molecular weight excluding hydrogens is 362 g/mol. The molecule has 150 valence electrons. The second-order valence-electron chi connectivity index (χ2n) is 7.08. The Labute approximate surface area is 172 Å². The van der Waals surface area contributed by atoms with Gasteiger partial charge in [0.05, 0.1) is 6.61 Å². The summed E-state index contributed by atoms with van der Waals surface area (Å²) in [5.74, 6) is 1.39. The Morgan fingerprint density at radius 2 is 1.66 bits per heavy atom. The largest absolute Gasteiger partial charge is 0.493 e. The maximum Gasteiger partial charge on any atom is 0.255 e. The Hall–Kier alpha value is -3.27. The molecular formula is C25H27NO3. The van der Waals surface area contributed by atoms with Gasteiger partial charge in [-0.2, -0.15) is 0 Å². The molecule has 0 saturated heterocycles. The van der Waals surface area contributed by atoms with Gasteiger partial charge in [-0.3, -0.25) is 4.79 Å². The highest BCUT2D eigenvalue weighted by molar-refractivity contribution is 6.04. The summed E-state index contributed by atoms with van der Waals surface area (Å²) in [6, 6.07) is 19.3. The number of hydrogen-bond acceptors (Lipinski definition) is 3. The van der Waals surface area contributed by atoms with Gasteiger partial charge in [0.2, 0.25) is 0 Å². The van der Waals surface area contributed by atoms with E-state index in [9.17, 15) is 4.79 Å². The highest BCUT2D eigenvalue weighted by Crippen LogP contribution is 2.25. The number of rotatable bonds is 7. The quantitative estimate of drug-likeness (QED) is 0.552. The lowest BCUT2D eigenvalue weighted by Gasteiger charge is -2.15. The zero-order valence-corrected chi connectivity index (χ0v) is 17.4. The van der Waals surface area contributed by atoms with Crippen LogP contribution in [0.15, 0.2) is 60.7 Å². The molecule has 3 aromatic carbocycles. The van der Waals surface area contributed by atoms with Crippen LogP contribution in [0, 0.1) is 20.8 Å². The minimum atomic E-state index is -0.155. The summed E-state index contributed by atoms with van der Waals surface area (Å²) in [5.41, 5.74) is 5.48. The van der Waals surface area contributed by atoms with Crippen molar-refractivity contribution < 1.29 is 14.3 Å². The summed E-state index contributed by atoms with van der Waals surface area (Å²) < 4.78 is 11.7. The van der Waals surface area contributed by atoms with Crippen molar-refractivity contribution in [2.45, 2.75) is 34.3 Å². The molecule has 0 saturated carbocycles. The summed E-state index contributed by atoms with van der Waals surface area (Å²) in [5, 5.41) is 2.99. The lowest BCUT2D eigenvalue weighted by molar-refractivity contribution is 0.102. The van der Waals surface area contributed by atoms with Crippen molar-refractivity contribution in [1.29, 1.82) is 0 Å². The van der Waals surface area contributed by atoms with Crippen molar-refractivity contribution in [1.82, 2.24) is 0 Å². The molecule has 0 radical (unpaired) electrons. The molecule has 4 heteroatoms. The molecule has 29 heavy (non-hydrogen) atoms. The smallest absolute Gasteiger partial charge is 0.255 e. The van der Waals surface area contributed by atoms with Gasteiger partial charge in [-0.15, -0.1) is 0 Å². The summed E-state index contributed by atoms with van der Waals surface area (Å²) in [7, 11) is 0. The van der Waals surface area contributed by atoms with Crippen LogP contribution in [0.2, 0.25) is 0 Å². The Bertz CT molecular complexity index is 1010. The molecule has 0 aromatic heterocycles. The van der Waals surface area contributed by atoms with E-state index in [-0.39, 0.29) is 5.91 Å². The molecule has 3 rings (SSSR count). The van der Waals surface area contributed by atoms with Gasteiger partial charge in [-0.25, -0.2) is 0 Å². The van der Waals surface area contributed by atoms with Gasteiger partial charge in [-0.05, 0) is 69.2 Å². The van der Waals surface area contributed by atoms with Crippen LogP contribution < -0.4 is 14.8 Å². The van der Waals surface area contributed by atoms with Crippen LogP contribution in [0.5, 0.6) is 11.5 Å². The van der Waals surface area contributed by atoms with E-state index in [1.54, 1.807) is 6.07 Å². The maximum absolute atomic E-state index is 12.8. The number of carbonyl (C=O) groups is 1. The predicted molar refractivity (Wildman–Crippen MR) is 117 cm³/mol. The monoisotopic (exact) mass is 389 g/mol. The van der Waals surface area contributed by atoms with E-state index in [0.717, 1.165) is 39.4 Å². The molecule has 0 aliphatic heterocycles. The fourth-order valence-corrected chi connectivity index (χ4v) is 3.15. The standard InChI is InChI=1S/C25H27NO3/c1-5-28-24-13-11-20(25(27)26-22-12-10-17(2)14-19(22)4)15-21(24)16-29-23-9-7-6-8-18(23)3/h6-15H,5,16H2,1-4H3,(H,26,27). The van der Waals surface area contributed by atoms with Gasteiger partial charge in [0.15, 0.2) is 0 Å². The van der Waals surface area contributed by atoms with E-state index in [1.165, 1.54) is 0 Å². The van der Waals surface area contributed by atoms with E-state index < -0.39 is 0 Å². The number of carbonyl (C=O) groups excluding carboxylic acids is 1. The number of hydrogen-bond donors (Lipinski definition) is 1. The summed E-state index contributed by atoms with van der Waals surface area (Å²) in [6.45, 7) is 8.84. The molecule has 4 nitrogen and oxygen atoms in total. The highest BCUT2D eigenvalue weighted by atomic mass is 16.5. The van der Waals surface area contributed by atoms with Gasteiger partial charge in [-0.1, -0.05) is 35.9 Å². The van der Waals surface area contributed by atoms with Crippen molar-refractivity contribution in [2.24, 2.45) is 0 Å². The second-order valence-corrected chi connectivity index (χ2v) is 7.08. The van der Waals surface area contributed by atoms with E-state index in [0.29, 0.717) is 18.8 Å². The number of aryl methyl sites for hydroxylation is 3. The van der Waals surface area contributed by atoms with Crippen LogP contribution in [0.1, 0.15) is 39.5 Å². The summed E-state index contributed by atoms with van der Waals surface area (Å²) in [6.07, 6.45) is 0. The molecule has 0 bridgehead atoms. The van der Waals surface area contributed by atoms with Gasteiger partial charge in [0.1, 0.15) is 18.1 Å². The van der Waals surface area contributed by atoms with Crippen molar-refractivity contribution in [2.75, 3.05) is 11.9 Å². The number of nitrogens with one attached hydrogen (secondary N) is 1. The number of para-hydroxylation sites is 1. The average molecular weight is 389 g/mol. The second kappa shape index (κ2) is 9.28. The first kappa shape index (κ1) is 20.5. The topological polar surface area (TPSA) is 47.6 Å².